The van der Waals surface area contributed by atoms with Crippen molar-refractivity contribution in [2.45, 2.75) is 13.1 Å². The molecule has 0 atom stereocenters. The molecule has 0 radical (unpaired) electrons. The van der Waals surface area contributed by atoms with Gasteiger partial charge in [-0.15, -0.1) is 0 Å². The quantitative estimate of drug-likeness (QED) is 0.336. The number of nitrogens with zero attached hydrogens (tertiary/aromatic N) is 1. The molecule has 0 amide bonds. The summed E-state index contributed by atoms with van der Waals surface area (Å²) in [6, 6.07) is 17.8. The van der Waals surface area contributed by atoms with Gasteiger partial charge in [0, 0.05) is 16.9 Å². The molecule has 2 N–H and O–H groups in total. The Labute approximate surface area is 187 Å². The third-order valence-corrected chi connectivity index (χ3v) is 4.46. The predicted molar refractivity (Wildman–Crippen MR) is 116 cm³/mol. The van der Waals surface area contributed by atoms with E-state index in [1.54, 1.807) is 55.5 Å². The predicted octanol–water partition coefficient (Wildman–Crippen LogP) is 6.04. The Bertz CT molecular complexity index is 1220. The summed E-state index contributed by atoms with van der Waals surface area (Å²) in [7, 11) is 0. The normalized spacial score (nSPS) is 10.8. The van der Waals surface area contributed by atoms with Crippen molar-refractivity contribution in [1.82, 2.24) is 0 Å². The number of alkyl halides is 3. The summed E-state index contributed by atoms with van der Waals surface area (Å²) in [6.45, 7) is 1.82. The number of esters is 1. The largest absolute Gasteiger partial charge is 0.461 e. The van der Waals surface area contributed by atoms with Gasteiger partial charge >= 0.3 is 12.1 Å². The first-order valence-corrected chi connectivity index (χ1v) is 9.74. The highest BCUT2D eigenvalue weighted by Crippen LogP contribution is 2.34. The van der Waals surface area contributed by atoms with Crippen LogP contribution in [0.25, 0.3) is 0 Å². The zero-order chi connectivity index (χ0) is 24.0. The molecule has 0 bridgehead atoms. The van der Waals surface area contributed by atoms with Gasteiger partial charge in [-0.3, -0.25) is 5.41 Å². The molecule has 6 nitrogen and oxygen atoms in total. The van der Waals surface area contributed by atoms with E-state index in [2.05, 4.69) is 5.32 Å². The molecule has 3 aromatic rings. The third kappa shape index (κ3) is 5.68. The number of para-hydroxylation sites is 1. The molecule has 0 aromatic heterocycles. The fraction of sp³-hybridized carbons (Fsp3) is 0.125. The highest BCUT2D eigenvalue weighted by molar-refractivity contribution is 6.43. The number of ether oxygens (including phenoxy) is 2. The van der Waals surface area contributed by atoms with E-state index < -0.39 is 23.3 Å². The summed E-state index contributed by atoms with van der Waals surface area (Å²) < 4.78 is 49.3. The number of nitriles is 1. The van der Waals surface area contributed by atoms with Crippen LogP contribution in [0.1, 0.15) is 23.6 Å². The zero-order valence-corrected chi connectivity index (χ0v) is 17.4. The number of rotatable bonds is 7. The van der Waals surface area contributed by atoms with E-state index in [0.717, 1.165) is 18.2 Å². The summed E-state index contributed by atoms with van der Waals surface area (Å²) in [5.74, 6) is -0.297. The maximum atomic E-state index is 12.9. The van der Waals surface area contributed by atoms with Gasteiger partial charge in [-0.05, 0) is 55.5 Å². The van der Waals surface area contributed by atoms with Crippen LogP contribution in [0.5, 0.6) is 11.5 Å². The molecule has 0 fully saturated rings. The van der Waals surface area contributed by atoms with Gasteiger partial charge in [0.05, 0.1) is 23.8 Å². The lowest BCUT2D eigenvalue weighted by molar-refractivity contribution is -0.138. The minimum Gasteiger partial charge on any atom is -0.461 e. The van der Waals surface area contributed by atoms with E-state index >= 15 is 0 Å². The van der Waals surface area contributed by atoms with E-state index in [9.17, 15) is 18.0 Å². The molecule has 3 aromatic carbocycles. The summed E-state index contributed by atoms with van der Waals surface area (Å²) in [6.07, 6.45) is -4.63. The van der Waals surface area contributed by atoms with Gasteiger partial charge < -0.3 is 14.8 Å². The minimum atomic E-state index is -4.63. The second kappa shape index (κ2) is 9.87. The molecule has 0 saturated heterocycles. The number of anilines is 2. The van der Waals surface area contributed by atoms with Crippen LogP contribution in [0.2, 0.25) is 0 Å². The number of halogens is 3. The molecule has 0 unspecified atom stereocenters. The van der Waals surface area contributed by atoms with Gasteiger partial charge in [-0.2, -0.15) is 18.4 Å². The molecule has 0 saturated carbocycles. The first-order valence-electron chi connectivity index (χ1n) is 9.74. The fourth-order valence-corrected chi connectivity index (χ4v) is 2.95. The smallest absolute Gasteiger partial charge is 0.417 e. The van der Waals surface area contributed by atoms with E-state index in [-0.39, 0.29) is 18.1 Å². The summed E-state index contributed by atoms with van der Waals surface area (Å²) in [5, 5.41) is 20.2. The van der Waals surface area contributed by atoms with Crippen molar-refractivity contribution in [3.63, 3.8) is 0 Å². The lowest BCUT2D eigenvalue weighted by Crippen LogP contribution is -2.18. The average molecular weight is 453 g/mol. The van der Waals surface area contributed by atoms with Crippen molar-refractivity contribution < 1.29 is 27.4 Å². The molecule has 33 heavy (non-hydrogen) atoms. The summed E-state index contributed by atoms with van der Waals surface area (Å²) in [4.78, 5) is 11.9. The fourth-order valence-electron chi connectivity index (χ4n) is 2.95. The van der Waals surface area contributed by atoms with Gasteiger partial charge in [-0.25, -0.2) is 4.79 Å². The molecule has 9 heteroatoms. The molecule has 0 aliphatic heterocycles. The Balaban J connectivity index is 1.76. The monoisotopic (exact) mass is 453 g/mol. The molecular formula is C24H18F3N3O3. The Morgan fingerprint density at radius 1 is 1.06 bits per heavy atom. The topological polar surface area (TPSA) is 95.2 Å². The summed E-state index contributed by atoms with van der Waals surface area (Å²) in [5.41, 5.74) is -0.328. The number of benzene rings is 3. The van der Waals surface area contributed by atoms with Crippen molar-refractivity contribution in [2.24, 2.45) is 0 Å². The Morgan fingerprint density at radius 3 is 2.36 bits per heavy atom. The van der Waals surface area contributed by atoms with Crippen LogP contribution in [-0.2, 0) is 15.7 Å². The van der Waals surface area contributed by atoms with Crippen LogP contribution >= 0.6 is 0 Å². The molecule has 0 spiro atoms. The molecule has 0 aliphatic carbocycles. The molecule has 0 heterocycles. The second-order valence-electron chi connectivity index (χ2n) is 6.71. The highest BCUT2D eigenvalue weighted by atomic mass is 19.4. The van der Waals surface area contributed by atoms with Crippen LogP contribution in [0.15, 0.2) is 66.7 Å². The first kappa shape index (κ1) is 23.3. The second-order valence-corrected chi connectivity index (χ2v) is 6.71. The maximum absolute atomic E-state index is 12.9. The van der Waals surface area contributed by atoms with E-state index in [4.69, 9.17) is 20.1 Å². The molecule has 0 aliphatic rings. The Hall–Kier alpha value is -4.32. The Morgan fingerprint density at radius 2 is 1.73 bits per heavy atom. The van der Waals surface area contributed by atoms with Gasteiger partial charge in [0.2, 0.25) is 0 Å². The van der Waals surface area contributed by atoms with Crippen LogP contribution in [0.4, 0.5) is 24.5 Å². The molecule has 3 rings (SSSR count). The third-order valence-electron chi connectivity index (χ3n) is 4.46. The number of carbonyl (C=O) groups excluding carboxylic acids is 1. The van der Waals surface area contributed by atoms with E-state index in [1.165, 1.54) is 6.07 Å². The number of hydrogen-bond donors (Lipinski definition) is 2. The van der Waals surface area contributed by atoms with Crippen molar-refractivity contribution in [3.8, 4) is 17.6 Å². The van der Waals surface area contributed by atoms with Gasteiger partial charge in [0.25, 0.3) is 0 Å². The minimum absolute atomic E-state index is 0.0912. The number of hydrogen-bond acceptors (Lipinski definition) is 6. The van der Waals surface area contributed by atoms with Gasteiger partial charge in [0.1, 0.15) is 17.2 Å². The molecule has 168 valence electrons. The Kier molecular flexibility index (Phi) is 6.98. The summed E-state index contributed by atoms with van der Waals surface area (Å²) >= 11 is 0. The standard InChI is InChI=1S/C24H18F3N3O3/c1-2-32-23(31)22(29)19-5-3-4-6-21(19)30-16-7-9-17(10-8-16)33-18-11-12-20(24(25,26)27)15(13-18)14-28/h3-13,29-30H,2H2,1H3. The van der Waals surface area contributed by atoms with Crippen LogP contribution in [-0.4, -0.2) is 18.3 Å². The van der Waals surface area contributed by atoms with Crippen molar-refractivity contribution >= 4 is 23.1 Å². The SMILES string of the molecule is CCOC(=O)C(=N)c1ccccc1Nc1ccc(Oc2ccc(C(F)(F)F)c(C#N)c2)cc1. The number of nitrogens with one attached hydrogen (secondary N) is 2. The molecular weight excluding hydrogens is 435 g/mol. The van der Waals surface area contributed by atoms with Crippen LogP contribution in [0, 0.1) is 16.7 Å². The van der Waals surface area contributed by atoms with Gasteiger partial charge in [-0.1, -0.05) is 18.2 Å². The van der Waals surface area contributed by atoms with Gasteiger partial charge in [0.15, 0.2) is 0 Å². The maximum Gasteiger partial charge on any atom is 0.417 e. The van der Waals surface area contributed by atoms with Crippen LogP contribution < -0.4 is 10.1 Å². The van der Waals surface area contributed by atoms with E-state index in [0.29, 0.717) is 22.7 Å². The average Bonchev–Trinajstić information content (AvgIpc) is 2.79. The van der Waals surface area contributed by atoms with Crippen molar-refractivity contribution in [1.29, 1.82) is 10.7 Å². The van der Waals surface area contributed by atoms with Crippen LogP contribution in [0.3, 0.4) is 0 Å². The lowest BCUT2D eigenvalue weighted by atomic mass is 10.1. The van der Waals surface area contributed by atoms with E-state index in [1.807, 2.05) is 0 Å². The number of carbonyl (C=O) groups is 1. The van der Waals surface area contributed by atoms with Crippen molar-refractivity contribution in [3.05, 3.63) is 83.4 Å². The zero-order valence-electron chi connectivity index (χ0n) is 17.4. The van der Waals surface area contributed by atoms with Crippen molar-refractivity contribution in [2.75, 3.05) is 11.9 Å². The first-order chi connectivity index (χ1) is 15.7. The highest BCUT2D eigenvalue weighted by Gasteiger charge is 2.33. The lowest BCUT2D eigenvalue weighted by Gasteiger charge is -2.13.